The molecule has 0 aromatic rings. The number of carboxylic acid groups (broad SMARTS) is 1. The lowest BCUT2D eigenvalue weighted by molar-refractivity contribution is -0.148. The van der Waals surface area contributed by atoms with Crippen LogP contribution in [0.5, 0.6) is 0 Å². The molecule has 0 bridgehead atoms. The standard InChI is InChI=1S/C10H17NO5/c1-4-6(2)9(10(15)16-3)11-7(12)5-8(13)14/h6,9H,4-5H2,1-3H3,(H,11,12)(H,13,14). The molecule has 6 heteroatoms. The van der Waals surface area contributed by atoms with Crippen molar-refractivity contribution in [1.82, 2.24) is 5.32 Å². The molecule has 0 radical (unpaired) electrons. The van der Waals surface area contributed by atoms with Gasteiger partial charge in [-0.25, -0.2) is 4.79 Å². The van der Waals surface area contributed by atoms with E-state index in [1.54, 1.807) is 6.92 Å². The third-order valence-corrected chi connectivity index (χ3v) is 2.30. The molecule has 0 aromatic heterocycles. The van der Waals surface area contributed by atoms with Gasteiger partial charge in [0.15, 0.2) is 0 Å². The highest BCUT2D eigenvalue weighted by Crippen LogP contribution is 2.09. The summed E-state index contributed by atoms with van der Waals surface area (Å²) in [7, 11) is 1.22. The number of hydrogen-bond acceptors (Lipinski definition) is 4. The monoisotopic (exact) mass is 231 g/mol. The van der Waals surface area contributed by atoms with Crippen molar-refractivity contribution in [3.05, 3.63) is 0 Å². The number of rotatable bonds is 6. The summed E-state index contributed by atoms with van der Waals surface area (Å²) in [6.07, 6.45) is 0.0248. The third-order valence-electron chi connectivity index (χ3n) is 2.30. The van der Waals surface area contributed by atoms with Crippen molar-refractivity contribution in [2.24, 2.45) is 5.92 Å². The number of nitrogens with one attached hydrogen (secondary N) is 1. The van der Waals surface area contributed by atoms with Crippen LogP contribution in [0.3, 0.4) is 0 Å². The van der Waals surface area contributed by atoms with Gasteiger partial charge in [-0.3, -0.25) is 9.59 Å². The first-order valence-corrected chi connectivity index (χ1v) is 5.01. The molecule has 0 saturated heterocycles. The van der Waals surface area contributed by atoms with E-state index in [1.807, 2.05) is 6.92 Å². The number of carbonyl (C=O) groups is 3. The normalized spacial score (nSPS) is 13.7. The van der Waals surface area contributed by atoms with Crippen molar-refractivity contribution in [2.75, 3.05) is 7.11 Å². The summed E-state index contributed by atoms with van der Waals surface area (Å²) >= 11 is 0. The van der Waals surface area contributed by atoms with Gasteiger partial charge in [-0.15, -0.1) is 0 Å². The number of ether oxygens (including phenoxy) is 1. The molecule has 0 fully saturated rings. The predicted octanol–water partition coefficient (Wildman–Crippen LogP) is 0.165. The van der Waals surface area contributed by atoms with E-state index in [0.29, 0.717) is 6.42 Å². The molecule has 2 atom stereocenters. The average Bonchev–Trinajstić information content (AvgIpc) is 2.22. The summed E-state index contributed by atoms with van der Waals surface area (Å²) in [6, 6.07) is -0.790. The Morgan fingerprint density at radius 1 is 1.38 bits per heavy atom. The molecular weight excluding hydrogens is 214 g/mol. The first kappa shape index (κ1) is 14.4. The van der Waals surface area contributed by atoms with Crippen LogP contribution < -0.4 is 5.32 Å². The molecule has 16 heavy (non-hydrogen) atoms. The molecule has 0 saturated carbocycles. The van der Waals surface area contributed by atoms with Crippen molar-refractivity contribution in [3.63, 3.8) is 0 Å². The van der Waals surface area contributed by atoms with Crippen LogP contribution in [-0.2, 0) is 19.1 Å². The van der Waals surface area contributed by atoms with Crippen molar-refractivity contribution in [1.29, 1.82) is 0 Å². The lowest BCUT2D eigenvalue weighted by Gasteiger charge is -2.21. The van der Waals surface area contributed by atoms with Gasteiger partial charge in [0.25, 0.3) is 0 Å². The van der Waals surface area contributed by atoms with Crippen LogP contribution in [0.25, 0.3) is 0 Å². The highest BCUT2D eigenvalue weighted by Gasteiger charge is 2.27. The van der Waals surface area contributed by atoms with E-state index in [-0.39, 0.29) is 5.92 Å². The zero-order valence-corrected chi connectivity index (χ0v) is 9.65. The van der Waals surface area contributed by atoms with E-state index in [4.69, 9.17) is 5.11 Å². The van der Waals surface area contributed by atoms with Gasteiger partial charge in [-0.05, 0) is 5.92 Å². The van der Waals surface area contributed by atoms with Crippen LogP contribution in [0.15, 0.2) is 0 Å². The largest absolute Gasteiger partial charge is 0.481 e. The summed E-state index contributed by atoms with van der Waals surface area (Å²) in [5, 5.41) is 10.8. The quantitative estimate of drug-likeness (QED) is 0.502. The van der Waals surface area contributed by atoms with Gasteiger partial charge in [0.05, 0.1) is 7.11 Å². The van der Waals surface area contributed by atoms with Gasteiger partial charge in [-0.1, -0.05) is 20.3 Å². The number of esters is 1. The van der Waals surface area contributed by atoms with Gasteiger partial charge in [0, 0.05) is 0 Å². The van der Waals surface area contributed by atoms with Crippen molar-refractivity contribution in [3.8, 4) is 0 Å². The van der Waals surface area contributed by atoms with Gasteiger partial charge in [0.1, 0.15) is 12.5 Å². The molecule has 2 N–H and O–H groups in total. The Labute approximate surface area is 94.0 Å². The average molecular weight is 231 g/mol. The van der Waals surface area contributed by atoms with Crippen LogP contribution in [0.4, 0.5) is 0 Å². The van der Waals surface area contributed by atoms with E-state index in [9.17, 15) is 14.4 Å². The molecule has 0 aliphatic rings. The molecule has 0 rings (SSSR count). The number of carbonyl (C=O) groups excluding carboxylic acids is 2. The number of hydrogen-bond donors (Lipinski definition) is 2. The smallest absolute Gasteiger partial charge is 0.328 e. The van der Waals surface area contributed by atoms with Crippen LogP contribution in [0, 0.1) is 5.92 Å². The van der Waals surface area contributed by atoms with E-state index >= 15 is 0 Å². The minimum Gasteiger partial charge on any atom is -0.481 e. The lowest BCUT2D eigenvalue weighted by Crippen LogP contribution is -2.46. The second-order valence-electron chi connectivity index (χ2n) is 3.52. The van der Waals surface area contributed by atoms with E-state index in [0.717, 1.165) is 0 Å². The molecule has 1 amide bonds. The Morgan fingerprint density at radius 2 is 1.94 bits per heavy atom. The maximum absolute atomic E-state index is 11.3. The van der Waals surface area contributed by atoms with Gasteiger partial charge in [-0.2, -0.15) is 0 Å². The van der Waals surface area contributed by atoms with Crippen molar-refractivity contribution >= 4 is 17.8 Å². The SMILES string of the molecule is CCC(C)C(NC(=O)CC(=O)O)C(=O)OC. The zero-order valence-electron chi connectivity index (χ0n) is 9.65. The highest BCUT2D eigenvalue weighted by molar-refractivity contribution is 5.95. The molecule has 0 aromatic carbocycles. The molecule has 0 aliphatic heterocycles. The Hall–Kier alpha value is -1.59. The molecular formula is C10H17NO5. The fourth-order valence-corrected chi connectivity index (χ4v) is 1.16. The Morgan fingerprint density at radius 3 is 2.31 bits per heavy atom. The number of methoxy groups -OCH3 is 1. The third kappa shape index (κ3) is 4.77. The van der Waals surface area contributed by atoms with E-state index in [1.165, 1.54) is 7.11 Å². The van der Waals surface area contributed by atoms with E-state index < -0.39 is 30.3 Å². The second kappa shape index (κ2) is 6.81. The minimum atomic E-state index is -1.23. The van der Waals surface area contributed by atoms with Crippen molar-refractivity contribution in [2.45, 2.75) is 32.7 Å². The van der Waals surface area contributed by atoms with Gasteiger partial charge in [0.2, 0.25) is 5.91 Å². The molecule has 0 heterocycles. The maximum Gasteiger partial charge on any atom is 0.328 e. The molecule has 0 spiro atoms. The van der Waals surface area contributed by atoms with Crippen LogP contribution in [-0.4, -0.2) is 36.1 Å². The topological polar surface area (TPSA) is 92.7 Å². The Bertz CT molecular complexity index is 276. The summed E-state index contributed by atoms with van der Waals surface area (Å²) in [5.74, 6) is -2.59. The van der Waals surface area contributed by atoms with Crippen LogP contribution in [0.2, 0.25) is 0 Å². The summed E-state index contributed by atoms with van der Waals surface area (Å²) in [4.78, 5) is 32.8. The first-order valence-electron chi connectivity index (χ1n) is 5.01. The van der Waals surface area contributed by atoms with Gasteiger partial charge >= 0.3 is 11.9 Å². The van der Waals surface area contributed by atoms with Crippen molar-refractivity contribution < 1.29 is 24.2 Å². The van der Waals surface area contributed by atoms with Gasteiger partial charge < -0.3 is 15.2 Å². The summed E-state index contributed by atoms with van der Waals surface area (Å²) in [6.45, 7) is 3.65. The minimum absolute atomic E-state index is 0.106. The predicted molar refractivity (Wildman–Crippen MR) is 55.7 cm³/mol. The molecule has 6 nitrogen and oxygen atoms in total. The zero-order chi connectivity index (χ0) is 12.7. The number of amides is 1. The van der Waals surface area contributed by atoms with Crippen LogP contribution in [0.1, 0.15) is 26.7 Å². The number of carboxylic acids is 1. The fraction of sp³-hybridized carbons (Fsp3) is 0.700. The fourth-order valence-electron chi connectivity index (χ4n) is 1.16. The summed E-state index contributed by atoms with van der Waals surface area (Å²) < 4.78 is 4.54. The van der Waals surface area contributed by atoms with Crippen LogP contribution >= 0.6 is 0 Å². The molecule has 2 unspecified atom stereocenters. The summed E-state index contributed by atoms with van der Waals surface area (Å²) in [5.41, 5.74) is 0. The Balaban J connectivity index is 4.48. The molecule has 0 aliphatic carbocycles. The lowest BCUT2D eigenvalue weighted by atomic mass is 9.99. The second-order valence-corrected chi connectivity index (χ2v) is 3.52. The van der Waals surface area contributed by atoms with E-state index in [2.05, 4.69) is 10.1 Å². The Kier molecular flexibility index (Phi) is 6.14. The first-order chi connectivity index (χ1) is 7.42. The molecule has 92 valence electrons. The highest BCUT2D eigenvalue weighted by atomic mass is 16.5. The maximum atomic E-state index is 11.3. The number of aliphatic carboxylic acids is 1.